The minimum atomic E-state index is 0.759. The Morgan fingerprint density at radius 1 is 0.929 bits per heavy atom. The van der Waals surface area contributed by atoms with Crippen LogP contribution in [0, 0.1) is 11.3 Å². The van der Waals surface area contributed by atoms with Crippen molar-refractivity contribution in [1.29, 1.82) is 0 Å². The van der Waals surface area contributed by atoms with Gasteiger partial charge in [0.1, 0.15) is 0 Å². The first-order valence-corrected chi connectivity index (χ1v) is 6.62. The van der Waals surface area contributed by atoms with Crippen LogP contribution in [-0.4, -0.2) is 12.6 Å². The lowest BCUT2D eigenvalue weighted by Gasteiger charge is -2.32. The Balaban J connectivity index is 1.59. The van der Waals surface area contributed by atoms with E-state index in [1.165, 1.54) is 64.3 Å². The van der Waals surface area contributed by atoms with E-state index in [-0.39, 0.29) is 0 Å². The number of hydrogen-bond donors (Lipinski definition) is 1. The maximum atomic E-state index is 3.88. The Hall–Kier alpha value is -0.0400. The fourth-order valence-corrected chi connectivity index (χ4v) is 3.77. The van der Waals surface area contributed by atoms with Gasteiger partial charge in [0, 0.05) is 6.04 Å². The standard InChI is InChI=1S/C13H23N/c1-2-8-13(7-1)9-3-4-12(13)14-10-11-5-6-11/h11-12,14H,1-10H2. The molecule has 3 saturated carbocycles. The molecule has 3 aliphatic rings. The molecule has 80 valence electrons. The predicted molar refractivity (Wildman–Crippen MR) is 59.3 cm³/mol. The molecule has 1 atom stereocenters. The van der Waals surface area contributed by atoms with Gasteiger partial charge in [-0.15, -0.1) is 0 Å². The average Bonchev–Trinajstić information content (AvgIpc) is 2.77. The quantitative estimate of drug-likeness (QED) is 0.726. The largest absolute Gasteiger partial charge is 0.313 e. The average molecular weight is 193 g/mol. The molecule has 0 radical (unpaired) electrons. The van der Waals surface area contributed by atoms with Gasteiger partial charge in [0.15, 0.2) is 0 Å². The molecule has 0 heterocycles. The second-order valence-electron chi connectivity index (χ2n) is 5.87. The molecule has 0 aromatic heterocycles. The highest BCUT2D eigenvalue weighted by atomic mass is 15.0. The second-order valence-corrected chi connectivity index (χ2v) is 5.87. The molecule has 1 N–H and O–H groups in total. The normalized spacial score (nSPS) is 35.6. The SMILES string of the molecule is C1CCC2(C1)CCCC2NCC1CC1. The Kier molecular flexibility index (Phi) is 2.31. The molecule has 3 rings (SSSR count). The maximum Gasteiger partial charge on any atom is 0.0124 e. The van der Waals surface area contributed by atoms with Crippen LogP contribution in [0.5, 0.6) is 0 Å². The summed E-state index contributed by atoms with van der Waals surface area (Å²) in [6, 6.07) is 0.894. The lowest BCUT2D eigenvalue weighted by molar-refractivity contribution is 0.230. The van der Waals surface area contributed by atoms with Crippen LogP contribution in [0.2, 0.25) is 0 Å². The van der Waals surface area contributed by atoms with Gasteiger partial charge in [-0.05, 0) is 56.4 Å². The van der Waals surface area contributed by atoms with E-state index in [4.69, 9.17) is 0 Å². The zero-order valence-electron chi connectivity index (χ0n) is 9.23. The molecule has 1 unspecified atom stereocenters. The van der Waals surface area contributed by atoms with Gasteiger partial charge in [-0.25, -0.2) is 0 Å². The van der Waals surface area contributed by atoms with Gasteiger partial charge in [-0.1, -0.05) is 19.3 Å². The Bertz CT molecular complexity index is 196. The Labute approximate surface area is 87.7 Å². The van der Waals surface area contributed by atoms with Crippen LogP contribution in [0.15, 0.2) is 0 Å². The molecule has 0 saturated heterocycles. The summed E-state index contributed by atoms with van der Waals surface area (Å²) in [5.74, 6) is 1.05. The van der Waals surface area contributed by atoms with Crippen molar-refractivity contribution in [3.05, 3.63) is 0 Å². The molecule has 3 fully saturated rings. The van der Waals surface area contributed by atoms with Crippen LogP contribution in [0.3, 0.4) is 0 Å². The molecule has 0 aromatic rings. The fraction of sp³-hybridized carbons (Fsp3) is 1.00. The summed E-state index contributed by atoms with van der Waals surface area (Å²) in [6.07, 6.45) is 13.5. The number of hydrogen-bond acceptors (Lipinski definition) is 1. The first-order chi connectivity index (χ1) is 6.89. The summed E-state index contributed by atoms with van der Waals surface area (Å²) < 4.78 is 0. The van der Waals surface area contributed by atoms with E-state index in [2.05, 4.69) is 5.32 Å². The second kappa shape index (κ2) is 3.52. The number of nitrogens with one attached hydrogen (secondary N) is 1. The van der Waals surface area contributed by atoms with Gasteiger partial charge in [-0.2, -0.15) is 0 Å². The highest BCUT2D eigenvalue weighted by Gasteiger charge is 2.44. The molecule has 0 amide bonds. The fourth-order valence-electron chi connectivity index (χ4n) is 3.77. The van der Waals surface area contributed by atoms with E-state index in [1.54, 1.807) is 0 Å². The molecule has 0 aliphatic heterocycles. The predicted octanol–water partition coefficient (Wildman–Crippen LogP) is 3.10. The minimum Gasteiger partial charge on any atom is -0.313 e. The van der Waals surface area contributed by atoms with E-state index in [0.29, 0.717) is 0 Å². The summed E-state index contributed by atoms with van der Waals surface area (Å²) in [4.78, 5) is 0. The topological polar surface area (TPSA) is 12.0 Å². The smallest absolute Gasteiger partial charge is 0.0124 e. The van der Waals surface area contributed by atoms with E-state index in [9.17, 15) is 0 Å². The lowest BCUT2D eigenvalue weighted by atomic mass is 9.81. The van der Waals surface area contributed by atoms with Gasteiger partial charge < -0.3 is 5.32 Å². The van der Waals surface area contributed by atoms with Gasteiger partial charge in [0.05, 0.1) is 0 Å². The van der Waals surface area contributed by atoms with Gasteiger partial charge in [0.25, 0.3) is 0 Å². The summed E-state index contributed by atoms with van der Waals surface area (Å²) in [6.45, 7) is 1.33. The van der Waals surface area contributed by atoms with Crippen molar-refractivity contribution in [3.8, 4) is 0 Å². The molecule has 1 spiro atoms. The van der Waals surface area contributed by atoms with Gasteiger partial charge in [-0.3, -0.25) is 0 Å². The summed E-state index contributed by atoms with van der Waals surface area (Å²) >= 11 is 0. The minimum absolute atomic E-state index is 0.759. The van der Waals surface area contributed by atoms with Crippen LogP contribution in [0.25, 0.3) is 0 Å². The van der Waals surface area contributed by atoms with Gasteiger partial charge in [0.2, 0.25) is 0 Å². The molecule has 1 heteroatoms. The summed E-state index contributed by atoms with van der Waals surface area (Å²) in [5, 5.41) is 3.88. The Morgan fingerprint density at radius 2 is 1.64 bits per heavy atom. The molecular weight excluding hydrogens is 170 g/mol. The third-order valence-electron chi connectivity index (χ3n) is 4.86. The first-order valence-electron chi connectivity index (χ1n) is 6.62. The Morgan fingerprint density at radius 3 is 2.36 bits per heavy atom. The zero-order chi connectivity index (χ0) is 9.43. The van der Waals surface area contributed by atoms with Crippen molar-refractivity contribution in [2.45, 2.75) is 63.8 Å². The van der Waals surface area contributed by atoms with Crippen molar-refractivity contribution in [2.75, 3.05) is 6.54 Å². The summed E-state index contributed by atoms with van der Waals surface area (Å²) in [5.41, 5.74) is 0.759. The van der Waals surface area contributed by atoms with E-state index in [0.717, 1.165) is 17.4 Å². The van der Waals surface area contributed by atoms with E-state index < -0.39 is 0 Å². The van der Waals surface area contributed by atoms with E-state index >= 15 is 0 Å². The van der Waals surface area contributed by atoms with Crippen molar-refractivity contribution >= 4 is 0 Å². The lowest BCUT2D eigenvalue weighted by Crippen LogP contribution is -2.40. The third-order valence-corrected chi connectivity index (χ3v) is 4.86. The molecule has 1 nitrogen and oxygen atoms in total. The zero-order valence-corrected chi connectivity index (χ0v) is 9.23. The van der Waals surface area contributed by atoms with Crippen LogP contribution in [0.1, 0.15) is 57.8 Å². The molecular formula is C13H23N. The highest BCUT2D eigenvalue weighted by molar-refractivity contribution is 4.99. The van der Waals surface area contributed by atoms with Crippen LogP contribution in [0.4, 0.5) is 0 Å². The van der Waals surface area contributed by atoms with Crippen molar-refractivity contribution in [1.82, 2.24) is 5.32 Å². The van der Waals surface area contributed by atoms with Crippen LogP contribution < -0.4 is 5.32 Å². The van der Waals surface area contributed by atoms with Crippen LogP contribution >= 0.6 is 0 Å². The highest BCUT2D eigenvalue weighted by Crippen LogP contribution is 2.50. The van der Waals surface area contributed by atoms with Crippen molar-refractivity contribution in [2.24, 2.45) is 11.3 Å². The summed E-state index contributed by atoms with van der Waals surface area (Å²) in [7, 11) is 0. The van der Waals surface area contributed by atoms with Crippen molar-refractivity contribution in [3.63, 3.8) is 0 Å². The molecule has 14 heavy (non-hydrogen) atoms. The monoisotopic (exact) mass is 193 g/mol. The maximum absolute atomic E-state index is 3.88. The number of rotatable bonds is 3. The van der Waals surface area contributed by atoms with Gasteiger partial charge >= 0.3 is 0 Å². The third kappa shape index (κ3) is 1.60. The van der Waals surface area contributed by atoms with Crippen molar-refractivity contribution < 1.29 is 0 Å². The molecule has 0 bridgehead atoms. The first kappa shape index (κ1) is 9.21. The molecule has 3 aliphatic carbocycles. The van der Waals surface area contributed by atoms with Crippen LogP contribution in [-0.2, 0) is 0 Å². The molecule has 0 aromatic carbocycles. The van der Waals surface area contributed by atoms with E-state index in [1.807, 2.05) is 0 Å².